The Morgan fingerprint density at radius 2 is 0.814 bits per heavy atom. The van der Waals surface area contributed by atoms with Gasteiger partial charge in [0, 0.05) is 17.3 Å². The minimum atomic E-state index is -1.34. The summed E-state index contributed by atoms with van der Waals surface area (Å²) < 4.78 is 22.9. The van der Waals surface area contributed by atoms with E-state index in [2.05, 4.69) is 40.2 Å². The van der Waals surface area contributed by atoms with Crippen LogP contribution in [0, 0.1) is 11.8 Å². The van der Waals surface area contributed by atoms with E-state index >= 15 is 0 Å². The number of carbonyl (C=O) groups is 4. The van der Waals surface area contributed by atoms with Crippen LogP contribution < -0.4 is 5.46 Å². The van der Waals surface area contributed by atoms with Crippen molar-refractivity contribution in [2.75, 3.05) is 0 Å². The molecule has 368 valence electrons. The molecule has 70 heavy (non-hydrogen) atoms. The molecule has 0 radical (unpaired) electrons. The van der Waals surface area contributed by atoms with Crippen molar-refractivity contribution in [3.05, 3.63) is 197 Å². The molecule has 2 atom stereocenters. The van der Waals surface area contributed by atoms with Crippen molar-refractivity contribution in [3.8, 4) is 11.1 Å². The van der Waals surface area contributed by atoms with Crippen LogP contribution in [0.1, 0.15) is 89.5 Å². The van der Waals surface area contributed by atoms with E-state index in [-0.39, 0.29) is 49.9 Å². The average molecular weight is 1010 g/mol. The van der Waals surface area contributed by atoms with Gasteiger partial charge in [-0.3, -0.25) is 19.2 Å². The maximum atomic E-state index is 12.9. The minimum Gasteiger partial charge on any atom is -0.461 e. The molecule has 0 saturated carbocycles. The van der Waals surface area contributed by atoms with Gasteiger partial charge in [-0.15, -0.1) is 0 Å². The summed E-state index contributed by atoms with van der Waals surface area (Å²) >= 11 is 3.42. The van der Waals surface area contributed by atoms with E-state index in [9.17, 15) is 19.2 Å². The van der Waals surface area contributed by atoms with Crippen LogP contribution in [-0.2, 0) is 64.2 Å². The van der Waals surface area contributed by atoms with E-state index in [0.717, 1.165) is 37.9 Å². The first-order chi connectivity index (χ1) is 33.3. The molecule has 6 rings (SSSR count). The molecular formula is C58H66BBrO10. The number of esters is 4. The van der Waals surface area contributed by atoms with Crippen LogP contribution in [0.3, 0.4) is 0 Å². The van der Waals surface area contributed by atoms with E-state index in [4.69, 9.17) is 29.0 Å². The Morgan fingerprint density at radius 3 is 1.17 bits per heavy atom. The second-order valence-electron chi connectivity index (χ2n) is 18.7. The number of carbonyl (C=O) groups excluding carboxylic acids is 4. The van der Waals surface area contributed by atoms with Crippen molar-refractivity contribution in [2.45, 2.75) is 104 Å². The summed E-state index contributed by atoms with van der Waals surface area (Å²) in [6.45, 7) is 11.5. The lowest BCUT2D eigenvalue weighted by Crippen LogP contribution is -2.29. The molecule has 0 amide bonds. The first kappa shape index (κ1) is 56.3. The van der Waals surface area contributed by atoms with Crippen LogP contribution in [0.2, 0.25) is 0 Å². The zero-order valence-electron chi connectivity index (χ0n) is 41.1. The zero-order chi connectivity index (χ0) is 50.9. The van der Waals surface area contributed by atoms with Crippen molar-refractivity contribution in [2.24, 2.45) is 11.8 Å². The lowest BCUT2D eigenvalue weighted by atomic mass is 9.81. The van der Waals surface area contributed by atoms with Gasteiger partial charge in [0.2, 0.25) is 0 Å². The van der Waals surface area contributed by atoms with E-state index in [1.54, 1.807) is 24.3 Å². The van der Waals surface area contributed by atoms with Crippen LogP contribution in [0.15, 0.2) is 174 Å². The smallest absolute Gasteiger partial charge is 0.461 e. The van der Waals surface area contributed by atoms with Gasteiger partial charge < -0.3 is 29.0 Å². The van der Waals surface area contributed by atoms with Gasteiger partial charge in [0.15, 0.2) is 0 Å². The average Bonchev–Trinajstić information content (AvgIpc) is 3.34. The van der Waals surface area contributed by atoms with Crippen molar-refractivity contribution < 1.29 is 48.2 Å². The molecule has 12 heteroatoms. The van der Waals surface area contributed by atoms with Gasteiger partial charge in [-0.1, -0.05) is 174 Å². The molecule has 0 heterocycles. The van der Waals surface area contributed by atoms with Gasteiger partial charge in [-0.25, -0.2) is 0 Å². The Kier molecular flexibility index (Phi) is 23.3. The van der Waals surface area contributed by atoms with Crippen LogP contribution >= 0.6 is 15.9 Å². The molecule has 2 unspecified atom stereocenters. The molecule has 0 spiro atoms. The molecule has 10 nitrogen and oxygen atoms in total. The predicted molar refractivity (Wildman–Crippen MR) is 279 cm³/mol. The highest BCUT2D eigenvalue weighted by molar-refractivity contribution is 9.10. The fraction of sp³-hybridized carbons (Fsp3) is 0.310. The molecule has 0 fully saturated rings. The lowest BCUT2D eigenvalue weighted by Gasteiger charge is -2.21. The molecule has 0 bridgehead atoms. The summed E-state index contributed by atoms with van der Waals surface area (Å²) in [5.74, 6) is -2.03. The molecule has 0 aliphatic carbocycles. The van der Waals surface area contributed by atoms with E-state index in [1.807, 2.05) is 163 Å². The summed E-state index contributed by atoms with van der Waals surface area (Å²) in [4.78, 5) is 50.0. The van der Waals surface area contributed by atoms with Gasteiger partial charge in [0.25, 0.3) is 0 Å². The van der Waals surface area contributed by atoms with E-state index in [1.165, 1.54) is 0 Å². The zero-order valence-corrected chi connectivity index (χ0v) is 42.7. The van der Waals surface area contributed by atoms with Crippen molar-refractivity contribution in [3.63, 3.8) is 0 Å². The minimum absolute atomic E-state index is 0.171. The topological polar surface area (TPSA) is 146 Å². The third-order valence-electron chi connectivity index (χ3n) is 10.4. The summed E-state index contributed by atoms with van der Waals surface area (Å²) in [5, 5.41) is 17.2. The third-order valence-corrected chi connectivity index (χ3v) is 10.9. The Bertz CT molecular complexity index is 2450. The second kappa shape index (κ2) is 29.0. The normalized spacial score (nSPS) is 11.8. The van der Waals surface area contributed by atoms with Crippen LogP contribution in [0.25, 0.3) is 11.1 Å². The second-order valence-corrected chi connectivity index (χ2v) is 19.6. The largest absolute Gasteiger partial charge is 0.488 e. The molecule has 0 aromatic heterocycles. The first-order valence-electron chi connectivity index (χ1n) is 23.5. The fourth-order valence-electron chi connectivity index (χ4n) is 6.95. The van der Waals surface area contributed by atoms with E-state index in [0.29, 0.717) is 31.1 Å². The molecular weight excluding hydrogens is 947 g/mol. The third kappa shape index (κ3) is 22.8. The number of ether oxygens (including phenoxy) is 4. The highest BCUT2D eigenvalue weighted by Gasteiger charge is 2.26. The number of halogens is 1. The summed E-state index contributed by atoms with van der Waals surface area (Å²) in [6.07, 6.45) is 2.14. The molecule has 0 aliphatic rings. The van der Waals surface area contributed by atoms with Gasteiger partial charge in [0.1, 0.15) is 24.4 Å². The summed E-state index contributed by atoms with van der Waals surface area (Å²) in [7, 11) is -1.34. The fourth-order valence-corrected chi connectivity index (χ4v) is 7.21. The lowest BCUT2D eigenvalue weighted by molar-refractivity contribution is -0.158. The van der Waals surface area contributed by atoms with Crippen LogP contribution in [0.5, 0.6) is 0 Å². The highest BCUT2D eigenvalue weighted by Crippen LogP contribution is 2.24. The van der Waals surface area contributed by atoms with Crippen molar-refractivity contribution in [1.29, 1.82) is 0 Å². The number of hydrogen-bond acceptors (Lipinski definition) is 10. The number of rotatable bonds is 18. The van der Waals surface area contributed by atoms with Crippen LogP contribution in [-0.4, -0.2) is 52.2 Å². The van der Waals surface area contributed by atoms with Gasteiger partial charge >= 0.3 is 31.0 Å². The molecule has 0 saturated heterocycles. The Balaban J connectivity index is 0.000000260. The Labute approximate surface area is 422 Å². The molecule has 2 N–H and O–H groups in total. The van der Waals surface area contributed by atoms with Crippen molar-refractivity contribution in [1.82, 2.24) is 0 Å². The molecule has 6 aromatic carbocycles. The Hall–Kier alpha value is -6.34. The highest BCUT2D eigenvalue weighted by atomic mass is 79.9. The predicted octanol–water partition coefficient (Wildman–Crippen LogP) is 11.2. The molecule has 6 aromatic rings. The number of hydrogen-bond donors (Lipinski definition) is 2. The van der Waals surface area contributed by atoms with Crippen molar-refractivity contribution >= 4 is 52.4 Å². The summed E-state index contributed by atoms with van der Waals surface area (Å²) in [5.41, 5.74) is 5.63. The Morgan fingerprint density at radius 1 is 0.471 bits per heavy atom. The van der Waals surface area contributed by atoms with Gasteiger partial charge in [0.05, 0.1) is 11.8 Å². The van der Waals surface area contributed by atoms with Gasteiger partial charge in [-0.2, -0.15) is 0 Å². The monoisotopic (exact) mass is 1010 g/mol. The number of benzene rings is 6. The quantitative estimate of drug-likeness (QED) is 0.0485. The maximum Gasteiger partial charge on any atom is 0.488 e. The maximum absolute atomic E-state index is 12.9. The van der Waals surface area contributed by atoms with E-state index < -0.39 is 30.2 Å². The first-order valence-corrected chi connectivity index (χ1v) is 24.3. The molecule has 0 aliphatic heterocycles. The summed E-state index contributed by atoms with van der Waals surface area (Å²) in [6, 6.07) is 54.0. The van der Waals surface area contributed by atoms with Crippen LogP contribution in [0.4, 0.5) is 0 Å². The standard InChI is InChI=1S/C29H32O4.C23H27BrO4.C6H7BO2/c1-29(2,3)33-27(30)19-18-26(28(31)32-21-23-10-6-4-7-11-23)20-22-14-16-25(17-15-22)24-12-8-5-9-13-24;1-23(2,3)28-21(25)14-11-19(15-17-9-12-20(24)13-10-17)22(26)27-16-18-7-5-4-6-8-18;8-7(9)6-4-2-1-3-5-6/h4-17,26H,18-21H2,1-3H3;4-10,12-13,19H,11,14-16H2,1-3H3;1-5,8-9H. The SMILES string of the molecule is CC(C)(C)OC(=O)CCC(Cc1ccc(-c2ccccc2)cc1)C(=O)OCc1ccccc1.CC(C)(C)OC(=O)CCC(Cc1ccc(Br)cc1)C(=O)OCc1ccccc1.OB(O)c1ccccc1. The van der Waals surface area contributed by atoms with Gasteiger partial charge in [-0.05, 0) is 118 Å².